The molecule has 0 atom stereocenters. The first-order chi connectivity index (χ1) is 12.5. The van der Waals surface area contributed by atoms with Crippen molar-refractivity contribution < 1.29 is 22.7 Å². The molecule has 2 aromatic rings. The monoisotopic (exact) mass is 365 g/mol. The molecule has 0 radical (unpaired) electrons. The first-order valence-corrected chi connectivity index (χ1v) is 8.33. The van der Waals surface area contributed by atoms with Gasteiger partial charge in [0.2, 0.25) is 5.88 Å². The van der Waals surface area contributed by atoms with Crippen molar-refractivity contribution in [2.24, 2.45) is 0 Å². The van der Waals surface area contributed by atoms with Crippen molar-refractivity contribution in [2.75, 3.05) is 5.32 Å². The van der Waals surface area contributed by atoms with Crippen LogP contribution in [0.2, 0.25) is 0 Å². The minimum absolute atomic E-state index is 0.0903. The molecule has 26 heavy (non-hydrogen) atoms. The highest BCUT2D eigenvalue weighted by Gasteiger charge is 2.19. The lowest BCUT2D eigenvalue weighted by atomic mass is 10.2. The summed E-state index contributed by atoms with van der Waals surface area (Å²) in [7, 11) is 0. The maximum absolute atomic E-state index is 13.6. The molecule has 2 N–H and O–H groups in total. The van der Waals surface area contributed by atoms with Gasteiger partial charge in [0.25, 0.3) is 0 Å². The Hall–Kier alpha value is -2.77. The second-order valence-corrected chi connectivity index (χ2v) is 6.02. The number of hydrogen-bond donors (Lipinski definition) is 2. The van der Waals surface area contributed by atoms with E-state index >= 15 is 0 Å². The van der Waals surface area contributed by atoms with E-state index in [1.165, 1.54) is 0 Å². The Morgan fingerprint density at radius 2 is 1.92 bits per heavy atom. The normalized spacial score (nSPS) is 14.3. The summed E-state index contributed by atoms with van der Waals surface area (Å²) in [6, 6.07) is 4.40. The summed E-state index contributed by atoms with van der Waals surface area (Å²) in [5.41, 5.74) is 0.218. The highest BCUT2D eigenvalue weighted by Crippen LogP contribution is 2.25. The van der Waals surface area contributed by atoms with Crippen LogP contribution in [0.3, 0.4) is 0 Å². The van der Waals surface area contributed by atoms with E-state index in [0.29, 0.717) is 11.4 Å². The Bertz CT molecular complexity index is 795. The van der Waals surface area contributed by atoms with Crippen LogP contribution >= 0.6 is 0 Å². The Morgan fingerprint density at radius 3 is 2.69 bits per heavy atom. The van der Waals surface area contributed by atoms with E-state index in [9.17, 15) is 18.0 Å². The summed E-state index contributed by atoms with van der Waals surface area (Å²) in [5.74, 6) is -3.97. The Kier molecular flexibility index (Phi) is 5.60. The molecule has 3 rings (SSSR count). The van der Waals surface area contributed by atoms with Crippen molar-refractivity contribution in [3.05, 3.63) is 53.5 Å². The molecule has 2 amide bonds. The molecule has 0 spiro atoms. The zero-order valence-corrected chi connectivity index (χ0v) is 13.9. The van der Waals surface area contributed by atoms with Gasteiger partial charge in [-0.15, -0.1) is 0 Å². The number of halogens is 3. The smallest absolute Gasteiger partial charge is 0.319 e. The number of hydrogen-bond acceptors (Lipinski definition) is 3. The average Bonchev–Trinajstić information content (AvgIpc) is 3.14. The molecule has 1 aliphatic carbocycles. The first kappa shape index (κ1) is 18.0. The van der Waals surface area contributed by atoms with Gasteiger partial charge in [-0.05, 0) is 43.9 Å². The second kappa shape index (κ2) is 8.07. The number of amides is 2. The predicted molar refractivity (Wildman–Crippen MR) is 89.3 cm³/mol. The minimum Gasteiger partial charge on any atom is -0.474 e. The van der Waals surface area contributed by atoms with Crippen LogP contribution < -0.4 is 15.4 Å². The van der Waals surface area contributed by atoms with Gasteiger partial charge in [0.15, 0.2) is 17.5 Å². The number of nitrogens with one attached hydrogen (secondary N) is 2. The molecule has 0 unspecified atom stereocenters. The van der Waals surface area contributed by atoms with Gasteiger partial charge in [-0.25, -0.2) is 22.9 Å². The van der Waals surface area contributed by atoms with Crippen molar-refractivity contribution in [1.29, 1.82) is 0 Å². The number of rotatable bonds is 5. The molecule has 0 saturated heterocycles. The van der Waals surface area contributed by atoms with E-state index in [2.05, 4.69) is 15.6 Å². The molecule has 5 nitrogen and oxygen atoms in total. The first-order valence-electron chi connectivity index (χ1n) is 8.33. The zero-order chi connectivity index (χ0) is 18.5. The van der Waals surface area contributed by atoms with Crippen LogP contribution in [0.1, 0.15) is 31.2 Å². The van der Waals surface area contributed by atoms with E-state index < -0.39 is 29.2 Å². The van der Waals surface area contributed by atoms with Crippen LogP contribution in [0, 0.1) is 17.5 Å². The topological polar surface area (TPSA) is 63.2 Å². The van der Waals surface area contributed by atoms with E-state index in [0.717, 1.165) is 37.8 Å². The molecule has 1 heterocycles. The van der Waals surface area contributed by atoms with Crippen LogP contribution in [-0.2, 0) is 6.54 Å². The van der Waals surface area contributed by atoms with Crippen molar-refractivity contribution in [2.45, 2.75) is 38.3 Å². The van der Waals surface area contributed by atoms with Gasteiger partial charge in [0.1, 0.15) is 6.10 Å². The Labute approximate surface area is 148 Å². The SMILES string of the molecule is O=C(NCc1cccnc1OC1CCCC1)Nc1ccc(F)c(F)c1F. The quantitative estimate of drug-likeness (QED) is 0.783. The molecule has 1 aromatic heterocycles. The predicted octanol–water partition coefficient (Wildman–Crippen LogP) is 4.14. The van der Waals surface area contributed by atoms with Crippen LogP contribution in [-0.4, -0.2) is 17.1 Å². The molecular weight excluding hydrogens is 347 g/mol. The molecule has 0 bridgehead atoms. The maximum Gasteiger partial charge on any atom is 0.319 e. The molecule has 1 aliphatic rings. The van der Waals surface area contributed by atoms with Gasteiger partial charge in [-0.2, -0.15) is 0 Å². The Balaban J connectivity index is 1.60. The fourth-order valence-corrected chi connectivity index (χ4v) is 2.79. The third-order valence-corrected chi connectivity index (χ3v) is 4.15. The standard InChI is InChI=1S/C18H18F3N3O2/c19-13-7-8-14(16(21)15(13)20)24-18(25)23-10-11-4-3-9-22-17(11)26-12-5-1-2-6-12/h3-4,7-9,12H,1-2,5-6,10H2,(H2,23,24,25). The third kappa shape index (κ3) is 4.25. The number of pyridine rings is 1. The molecular formula is C18H18F3N3O2. The molecule has 1 saturated carbocycles. The lowest BCUT2D eigenvalue weighted by Crippen LogP contribution is -2.29. The highest BCUT2D eigenvalue weighted by atomic mass is 19.2. The van der Waals surface area contributed by atoms with E-state index in [4.69, 9.17) is 4.74 Å². The summed E-state index contributed by atoms with van der Waals surface area (Å²) >= 11 is 0. The van der Waals surface area contributed by atoms with E-state index in [1.807, 2.05) is 0 Å². The number of benzene rings is 1. The number of nitrogens with zero attached hydrogens (tertiary/aromatic N) is 1. The molecule has 1 fully saturated rings. The number of anilines is 1. The summed E-state index contributed by atoms with van der Waals surface area (Å²) in [4.78, 5) is 16.1. The largest absolute Gasteiger partial charge is 0.474 e. The molecule has 138 valence electrons. The third-order valence-electron chi connectivity index (χ3n) is 4.15. The fourth-order valence-electron chi connectivity index (χ4n) is 2.79. The van der Waals surface area contributed by atoms with Crippen LogP contribution in [0.25, 0.3) is 0 Å². The molecule has 0 aliphatic heterocycles. The van der Waals surface area contributed by atoms with Gasteiger partial charge in [-0.3, -0.25) is 0 Å². The second-order valence-electron chi connectivity index (χ2n) is 6.02. The minimum atomic E-state index is -1.64. The molecule has 8 heteroatoms. The number of aromatic nitrogens is 1. The van der Waals surface area contributed by atoms with Crippen molar-refractivity contribution in [3.8, 4) is 5.88 Å². The van der Waals surface area contributed by atoms with Crippen molar-refractivity contribution in [3.63, 3.8) is 0 Å². The van der Waals surface area contributed by atoms with Crippen molar-refractivity contribution in [1.82, 2.24) is 10.3 Å². The van der Waals surface area contributed by atoms with E-state index in [-0.39, 0.29) is 12.6 Å². The summed E-state index contributed by atoms with van der Waals surface area (Å²) in [6.45, 7) is 0.0903. The number of carbonyl (C=O) groups is 1. The zero-order valence-electron chi connectivity index (χ0n) is 13.9. The lowest BCUT2D eigenvalue weighted by molar-refractivity contribution is 0.199. The molecule has 1 aromatic carbocycles. The number of urea groups is 1. The lowest BCUT2D eigenvalue weighted by Gasteiger charge is -2.15. The number of carbonyl (C=O) groups excluding carboxylic acids is 1. The maximum atomic E-state index is 13.6. The Morgan fingerprint density at radius 1 is 1.15 bits per heavy atom. The van der Waals surface area contributed by atoms with Gasteiger partial charge in [-0.1, -0.05) is 6.07 Å². The van der Waals surface area contributed by atoms with Crippen LogP contribution in [0.5, 0.6) is 5.88 Å². The number of ether oxygens (including phenoxy) is 1. The van der Waals surface area contributed by atoms with Gasteiger partial charge >= 0.3 is 6.03 Å². The summed E-state index contributed by atoms with van der Waals surface area (Å²) in [6.07, 6.45) is 5.90. The summed E-state index contributed by atoms with van der Waals surface area (Å²) < 4.78 is 45.6. The van der Waals surface area contributed by atoms with Crippen molar-refractivity contribution >= 4 is 11.7 Å². The average molecular weight is 365 g/mol. The highest BCUT2D eigenvalue weighted by molar-refractivity contribution is 5.89. The summed E-state index contributed by atoms with van der Waals surface area (Å²) in [5, 5.41) is 4.67. The fraction of sp³-hybridized carbons (Fsp3) is 0.333. The van der Waals surface area contributed by atoms with Crippen LogP contribution in [0.15, 0.2) is 30.5 Å². The van der Waals surface area contributed by atoms with E-state index in [1.54, 1.807) is 18.3 Å². The van der Waals surface area contributed by atoms with Crippen LogP contribution in [0.4, 0.5) is 23.7 Å². The van der Waals surface area contributed by atoms with Gasteiger partial charge < -0.3 is 15.4 Å². The van der Waals surface area contributed by atoms with Gasteiger partial charge in [0, 0.05) is 18.3 Å². The van der Waals surface area contributed by atoms with Gasteiger partial charge in [0.05, 0.1) is 5.69 Å².